The number of hydrogen-bond acceptors (Lipinski definition) is 4. The summed E-state index contributed by atoms with van der Waals surface area (Å²) in [5, 5.41) is 2.62. The van der Waals surface area contributed by atoms with Crippen LogP contribution in [-0.4, -0.2) is 25.1 Å². The first-order valence-electron chi connectivity index (χ1n) is 7.14. The van der Waals surface area contributed by atoms with Crippen LogP contribution in [0.15, 0.2) is 42.5 Å². The minimum Gasteiger partial charge on any atom is -0.484 e. The van der Waals surface area contributed by atoms with Gasteiger partial charge in [0.2, 0.25) is 0 Å². The highest BCUT2D eigenvalue weighted by molar-refractivity contribution is 6.33. The van der Waals surface area contributed by atoms with Crippen molar-refractivity contribution in [3.63, 3.8) is 0 Å². The second-order valence-corrected chi connectivity index (χ2v) is 5.11. The Bertz CT molecular complexity index is 734. The molecule has 0 spiro atoms. The molecule has 0 atom stereocenters. The van der Waals surface area contributed by atoms with Crippen molar-refractivity contribution in [1.29, 1.82) is 0 Å². The first-order valence-corrected chi connectivity index (χ1v) is 7.52. The molecule has 0 aliphatic carbocycles. The van der Waals surface area contributed by atoms with Crippen LogP contribution in [0.5, 0.6) is 5.75 Å². The molecule has 2 rings (SSSR count). The summed E-state index contributed by atoms with van der Waals surface area (Å²) in [6, 6.07) is 9.87. The first kappa shape index (κ1) is 17.7. The largest absolute Gasteiger partial charge is 0.484 e. The standard InChI is InChI=1S/C17H15ClFNO4/c1-2-23-17(22)11-3-6-13(7-4-11)24-10-16(21)20-15-8-5-12(19)9-14(15)18/h3-9H,2,10H2,1H3,(H,20,21). The van der Waals surface area contributed by atoms with Crippen molar-refractivity contribution in [3.05, 3.63) is 58.9 Å². The Morgan fingerprint density at radius 1 is 1.17 bits per heavy atom. The van der Waals surface area contributed by atoms with Crippen molar-refractivity contribution in [2.24, 2.45) is 0 Å². The van der Waals surface area contributed by atoms with Gasteiger partial charge >= 0.3 is 5.97 Å². The minimum atomic E-state index is -0.490. The molecule has 126 valence electrons. The van der Waals surface area contributed by atoms with E-state index in [4.69, 9.17) is 21.1 Å². The van der Waals surface area contributed by atoms with Crippen LogP contribution >= 0.6 is 11.6 Å². The van der Waals surface area contributed by atoms with Crippen LogP contribution in [0.25, 0.3) is 0 Å². The van der Waals surface area contributed by atoms with E-state index < -0.39 is 17.7 Å². The molecule has 1 N–H and O–H groups in total. The minimum absolute atomic E-state index is 0.0992. The molecule has 0 aliphatic heterocycles. The van der Waals surface area contributed by atoms with E-state index in [2.05, 4.69) is 5.32 Å². The van der Waals surface area contributed by atoms with Crippen LogP contribution < -0.4 is 10.1 Å². The molecule has 24 heavy (non-hydrogen) atoms. The van der Waals surface area contributed by atoms with Gasteiger partial charge in [0, 0.05) is 0 Å². The van der Waals surface area contributed by atoms with Crippen molar-refractivity contribution >= 4 is 29.2 Å². The third-order valence-electron chi connectivity index (χ3n) is 2.94. The predicted molar refractivity (Wildman–Crippen MR) is 87.9 cm³/mol. The molecule has 5 nitrogen and oxygen atoms in total. The molecule has 0 fully saturated rings. The van der Waals surface area contributed by atoms with Gasteiger partial charge in [-0.15, -0.1) is 0 Å². The molecule has 0 aromatic heterocycles. The van der Waals surface area contributed by atoms with Crippen LogP contribution in [-0.2, 0) is 9.53 Å². The molecular weight excluding hydrogens is 337 g/mol. The van der Waals surface area contributed by atoms with Crippen molar-refractivity contribution in [2.75, 3.05) is 18.5 Å². The molecule has 0 unspecified atom stereocenters. The summed E-state index contributed by atoms with van der Waals surface area (Å²) in [5.74, 6) is -0.940. The molecule has 0 aliphatic rings. The number of hydrogen-bond donors (Lipinski definition) is 1. The van der Waals surface area contributed by atoms with Gasteiger partial charge in [0.05, 0.1) is 22.9 Å². The third kappa shape index (κ3) is 4.96. The fourth-order valence-corrected chi connectivity index (χ4v) is 2.04. The SMILES string of the molecule is CCOC(=O)c1ccc(OCC(=O)Nc2ccc(F)cc2Cl)cc1. The topological polar surface area (TPSA) is 64.6 Å². The molecule has 2 aromatic carbocycles. The average molecular weight is 352 g/mol. The summed E-state index contributed by atoms with van der Waals surface area (Å²) in [6.45, 7) is 1.76. The zero-order valence-electron chi connectivity index (χ0n) is 12.8. The lowest BCUT2D eigenvalue weighted by Crippen LogP contribution is -2.20. The molecule has 0 saturated carbocycles. The maximum absolute atomic E-state index is 12.9. The van der Waals surface area contributed by atoms with Crippen LogP contribution in [0, 0.1) is 5.82 Å². The zero-order chi connectivity index (χ0) is 17.5. The Balaban J connectivity index is 1.88. The van der Waals surface area contributed by atoms with E-state index >= 15 is 0 Å². The fourth-order valence-electron chi connectivity index (χ4n) is 1.83. The molecule has 0 saturated heterocycles. The quantitative estimate of drug-likeness (QED) is 0.806. The van der Waals surface area contributed by atoms with Gasteiger partial charge in [0.15, 0.2) is 6.61 Å². The van der Waals surface area contributed by atoms with Crippen molar-refractivity contribution in [2.45, 2.75) is 6.92 Å². The Hall–Kier alpha value is -2.60. The van der Waals surface area contributed by atoms with Gasteiger partial charge in [-0.25, -0.2) is 9.18 Å². The summed E-state index contributed by atoms with van der Waals surface area (Å²) in [7, 11) is 0. The highest BCUT2D eigenvalue weighted by Crippen LogP contribution is 2.22. The second kappa shape index (κ2) is 8.31. The number of nitrogens with one attached hydrogen (secondary N) is 1. The van der Waals surface area contributed by atoms with Crippen LogP contribution in [0.1, 0.15) is 17.3 Å². The van der Waals surface area contributed by atoms with Gasteiger partial charge in [-0.3, -0.25) is 4.79 Å². The Labute approximate surface area is 143 Å². The smallest absolute Gasteiger partial charge is 0.338 e. The lowest BCUT2D eigenvalue weighted by Gasteiger charge is -2.09. The highest BCUT2D eigenvalue weighted by atomic mass is 35.5. The molecule has 2 aromatic rings. The van der Waals surface area contributed by atoms with Gasteiger partial charge in [-0.05, 0) is 49.4 Å². The summed E-state index contributed by atoms with van der Waals surface area (Å²) in [5.41, 5.74) is 0.691. The molecule has 0 radical (unpaired) electrons. The van der Waals surface area contributed by atoms with Crippen molar-refractivity contribution in [3.8, 4) is 5.75 Å². The van der Waals surface area contributed by atoms with E-state index in [-0.39, 0.29) is 11.6 Å². The van der Waals surface area contributed by atoms with E-state index in [1.807, 2.05) is 0 Å². The third-order valence-corrected chi connectivity index (χ3v) is 3.25. The number of carbonyl (C=O) groups excluding carboxylic acids is 2. The number of ether oxygens (including phenoxy) is 2. The maximum atomic E-state index is 12.9. The maximum Gasteiger partial charge on any atom is 0.338 e. The number of anilines is 1. The Morgan fingerprint density at radius 2 is 1.88 bits per heavy atom. The molecule has 1 amide bonds. The molecule has 7 heteroatoms. The molecule has 0 bridgehead atoms. The van der Waals surface area contributed by atoms with Crippen molar-refractivity contribution in [1.82, 2.24) is 0 Å². The number of benzene rings is 2. The van der Waals surface area contributed by atoms with Crippen LogP contribution in [0.2, 0.25) is 5.02 Å². The second-order valence-electron chi connectivity index (χ2n) is 4.71. The van der Waals surface area contributed by atoms with E-state index in [9.17, 15) is 14.0 Å². The Kier molecular flexibility index (Phi) is 6.14. The van der Waals surface area contributed by atoms with Crippen molar-refractivity contribution < 1.29 is 23.5 Å². The monoisotopic (exact) mass is 351 g/mol. The number of esters is 1. The summed E-state index contributed by atoms with van der Waals surface area (Å²) >= 11 is 5.82. The summed E-state index contributed by atoms with van der Waals surface area (Å²) in [6.07, 6.45) is 0. The average Bonchev–Trinajstić information content (AvgIpc) is 2.56. The fraction of sp³-hybridized carbons (Fsp3) is 0.176. The van der Waals surface area contributed by atoms with Crippen LogP contribution in [0.4, 0.5) is 10.1 Å². The van der Waals surface area contributed by atoms with E-state index in [1.54, 1.807) is 31.2 Å². The first-order chi connectivity index (χ1) is 11.5. The van der Waals surface area contributed by atoms with Crippen LogP contribution in [0.3, 0.4) is 0 Å². The van der Waals surface area contributed by atoms with E-state index in [1.165, 1.54) is 12.1 Å². The zero-order valence-corrected chi connectivity index (χ0v) is 13.6. The number of amides is 1. The van der Waals surface area contributed by atoms with E-state index in [0.717, 1.165) is 6.07 Å². The predicted octanol–water partition coefficient (Wildman–Crippen LogP) is 3.67. The lowest BCUT2D eigenvalue weighted by atomic mass is 10.2. The Morgan fingerprint density at radius 3 is 2.50 bits per heavy atom. The van der Waals surface area contributed by atoms with Gasteiger partial charge in [-0.1, -0.05) is 11.6 Å². The van der Waals surface area contributed by atoms with E-state index in [0.29, 0.717) is 23.6 Å². The summed E-state index contributed by atoms with van der Waals surface area (Å²) < 4.78 is 23.1. The van der Waals surface area contributed by atoms with Gasteiger partial charge < -0.3 is 14.8 Å². The number of rotatable bonds is 6. The van der Waals surface area contributed by atoms with Gasteiger partial charge in [0.25, 0.3) is 5.91 Å². The summed E-state index contributed by atoms with van der Waals surface area (Å²) in [4.78, 5) is 23.3. The molecule has 0 heterocycles. The van der Waals surface area contributed by atoms with Gasteiger partial charge in [-0.2, -0.15) is 0 Å². The number of halogens is 2. The lowest BCUT2D eigenvalue weighted by molar-refractivity contribution is -0.118. The highest BCUT2D eigenvalue weighted by Gasteiger charge is 2.09. The number of carbonyl (C=O) groups is 2. The normalized spacial score (nSPS) is 10.1. The molecular formula is C17H15ClFNO4. The van der Waals surface area contributed by atoms with Gasteiger partial charge in [0.1, 0.15) is 11.6 Å².